The van der Waals surface area contributed by atoms with Gasteiger partial charge in [-0.3, -0.25) is 4.68 Å². The molecule has 1 N–H and O–H groups in total. The van der Waals surface area contributed by atoms with Crippen molar-refractivity contribution in [2.45, 2.75) is 51.2 Å². The summed E-state index contributed by atoms with van der Waals surface area (Å²) >= 11 is 0. The number of rotatable bonds is 2. The highest BCUT2D eigenvalue weighted by Gasteiger charge is 2.50. The molecular weight excluding hydrogens is 372 g/mol. The number of hydrogen-bond donors (Lipinski definition) is 1. The molecule has 8 nitrogen and oxygen atoms in total. The summed E-state index contributed by atoms with van der Waals surface area (Å²) in [6.45, 7) is 8.01. The predicted octanol–water partition coefficient (Wildman–Crippen LogP) is 3.25. The van der Waals surface area contributed by atoms with Crippen LogP contribution in [0.15, 0.2) is 18.3 Å². The van der Waals surface area contributed by atoms with Gasteiger partial charge >= 0.3 is 12.1 Å². The number of benzene rings is 1. The number of carboxylic acid groups (broad SMARTS) is 1. The number of anilines is 1. The van der Waals surface area contributed by atoms with Gasteiger partial charge in [0.1, 0.15) is 11.1 Å². The molecule has 1 spiro atoms. The van der Waals surface area contributed by atoms with E-state index in [1.807, 2.05) is 37.9 Å². The second-order valence-electron chi connectivity index (χ2n) is 9.10. The van der Waals surface area contributed by atoms with E-state index in [0.29, 0.717) is 5.52 Å². The van der Waals surface area contributed by atoms with E-state index in [-0.39, 0.29) is 17.2 Å². The van der Waals surface area contributed by atoms with Gasteiger partial charge in [0.25, 0.3) is 0 Å². The zero-order valence-corrected chi connectivity index (χ0v) is 17.4. The van der Waals surface area contributed by atoms with Crippen molar-refractivity contribution in [1.82, 2.24) is 14.7 Å². The first-order valence-corrected chi connectivity index (χ1v) is 10.0. The number of aromatic nitrogens is 2. The molecule has 4 rings (SSSR count). The molecule has 0 unspecified atom stereocenters. The number of hydrogen-bond acceptors (Lipinski definition) is 5. The normalized spacial score (nSPS) is 18.8. The van der Waals surface area contributed by atoms with Crippen LogP contribution in [0.25, 0.3) is 10.9 Å². The molecular formula is C21H28N4O4. The number of carbonyl (C=O) groups excluding carboxylic acids is 1. The Morgan fingerprint density at radius 3 is 2.34 bits per heavy atom. The maximum absolute atomic E-state index is 12.6. The highest BCUT2D eigenvalue weighted by Crippen LogP contribution is 2.42. The van der Waals surface area contributed by atoms with E-state index in [4.69, 9.17) is 4.74 Å². The third-order valence-electron chi connectivity index (χ3n) is 6.02. The third-order valence-corrected chi connectivity index (χ3v) is 6.02. The van der Waals surface area contributed by atoms with E-state index in [0.717, 1.165) is 50.0 Å². The number of ether oxygens (including phenoxy) is 1. The Bertz CT molecular complexity index is 967. The molecule has 1 amide bonds. The number of piperidine rings is 1. The fourth-order valence-electron chi connectivity index (χ4n) is 4.48. The van der Waals surface area contributed by atoms with Crippen LogP contribution in [0, 0.1) is 0 Å². The Kier molecular flexibility index (Phi) is 4.47. The Morgan fingerprint density at radius 1 is 1.14 bits per heavy atom. The van der Waals surface area contributed by atoms with Crippen LogP contribution >= 0.6 is 0 Å². The largest absolute Gasteiger partial charge is 0.478 e. The summed E-state index contributed by atoms with van der Waals surface area (Å²) < 4.78 is 7.24. The lowest BCUT2D eigenvalue weighted by Gasteiger charge is -2.56. The van der Waals surface area contributed by atoms with Gasteiger partial charge in [-0.15, -0.1) is 0 Å². The van der Waals surface area contributed by atoms with Gasteiger partial charge in [0, 0.05) is 44.0 Å². The SMILES string of the molecule is Cn1cc2c(N3CCC4(CC3)CCN4C(=O)OC(C)(C)C)ccc(C(=O)O)c2n1. The number of carboxylic acids is 1. The van der Waals surface area contributed by atoms with Crippen molar-refractivity contribution in [3.8, 4) is 0 Å². The number of likely N-dealkylation sites (tertiary alicyclic amines) is 1. The molecule has 2 saturated heterocycles. The van der Waals surface area contributed by atoms with E-state index in [1.165, 1.54) is 0 Å². The van der Waals surface area contributed by atoms with E-state index in [2.05, 4.69) is 10.00 Å². The number of amides is 1. The summed E-state index contributed by atoms with van der Waals surface area (Å²) in [5.74, 6) is -0.972. The molecule has 1 aromatic carbocycles. The summed E-state index contributed by atoms with van der Waals surface area (Å²) in [6.07, 6.45) is 4.39. The first kappa shape index (κ1) is 19.5. The van der Waals surface area contributed by atoms with Crippen LogP contribution in [0.3, 0.4) is 0 Å². The first-order valence-electron chi connectivity index (χ1n) is 10.0. The summed E-state index contributed by atoms with van der Waals surface area (Å²) in [5, 5.41) is 14.7. The van der Waals surface area contributed by atoms with Gasteiger partial charge in [-0.25, -0.2) is 9.59 Å². The maximum atomic E-state index is 12.6. The summed E-state index contributed by atoms with van der Waals surface area (Å²) in [6, 6.07) is 3.51. The average Bonchev–Trinajstić information content (AvgIpc) is 2.99. The molecule has 2 fully saturated rings. The lowest BCUT2D eigenvalue weighted by molar-refractivity contribution is -0.0541. The minimum atomic E-state index is -0.972. The number of fused-ring (bicyclic) bond motifs is 1. The van der Waals surface area contributed by atoms with Gasteiger partial charge in [-0.1, -0.05) is 0 Å². The van der Waals surface area contributed by atoms with Gasteiger partial charge in [-0.05, 0) is 52.2 Å². The molecule has 2 aliphatic rings. The Hall–Kier alpha value is -2.77. The molecule has 8 heteroatoms. The third kappa shape index (κ3) is 3.41. The van der Waals surface area contributed by atoms with E-state index in [9.17, 15) is 14.7 Å². The second-order valence-corrected chi connectivity index (χ2v) is 9.10. The number of carbonyl (C=O) groups is 2. The topological polar surface area (TPSA) is 87.9 Å². The molecule has 2 aromatic rings. The molecule has 0 aliphatic carbocycles. The number of aromatic carboxylic acids is 1. The fourth-order valence-corrected chi connectivity index (χ4v) is 4.48. The quantitative estimate of drug-likeness (QED) is 0.833. The van der Waals surface area contributed by atoms with E-state index in [1.54, 1.807) is 17.8 Å². The molecule has 156 valence electrons. The summed E-state index contributed by atoms with van der Waals surface area (Å²) in [7, 11) is 1.80. The number of nitrogens with zero attached hydrogens (tertiary/aromatic N) is 4. The van der Waals surface area contributed by atoms with Crippen molar-refractivity contribution in [3.05, 3.63) is 23.9 Å². The smallest absolute Gasteiger partial charge is 0.410 e. The van der Waals surface area contributed by atoms with Crippen molar-refractivity contribution in [2.24, 2.45) is 7.05 Å². The standard InChI is InChI=1S/C21H28N4O4/c1-20(2,3)29-19(28)25-12-9-21(25)7-10-24(11-8-21)16-6-5-14(18(26)27)17-15(16)13-23(4)22-17/h5-6,13H,7-12H2,1-4H3,(H,26,27). The molecule has 2 aliphatic heterocycles. The zero-order valence-electron chi connectivity index (χ0n) is 17.4. The molecule has 0 radical (unpaired) electrons. The highest BCUT2D eigenvalue weighted by molar-refractivity contribution is 6.06. The minimum Gasteiger partial charge on any atom is -0.478 e. The maximum Gasteiger partial charge on any atom is 0.410 e. The fraction of sp³-hybridized carbons (Fsp3) is 0.571. The average molecular weight is 400 g/mol. The van der Waals surface area contributed by atoms with Gasteiger partial charge < -0.3 is 19.6 Å². The molecule has 3 heterocycles. The highest BCUT2D eigenvalue weighted by atomic mass is 16.6. The lowest BCUT2D eigenvalue weighted by atomic mass is 9.76. The Morgan fingerprint density at radius 2 is 1.79 bits per heavy atom. The van der Waals surface area contributed by atoms with Crippen molar-refractivity contribution in [3.63, 3.8) is 0 Å². The van der Waals surface area contributed by atoms with Gasteiger partial charge in [-0.2, -0.15) is 5.10 Å². The van der Waals surface area contributed by atoms with Crippen LogP contribution in [0.2, 0.25) is 0 Å². The van der Waals surface area contributed by atoms with Crippen molar-refractivity contribution in [1.29, 1.82) is 0 Å². The van der Waals surface area contributed by atoms with Gasteiger partial charge in [0.2, 0.25) is 0 Å². The zero-order chi connectivity index (χ0) is 21.0. The first-order chi connectivity index (χ1) is 13.6. The van der Waals surface area contributed by atoms with E-state index >= 15 is 0 Å². The van der Waals surface area contributed by atoms with Crippen LogP contribution < -0.4 is 4.90 Å². The molecule has 29 heavy (non-hydrogen) atoms. The van der Waals surface area contributed by atoms with Gasteiger partial charge in [0.05, 0.1) is 11.1 Å². The van der Waals surface area contributed by atoms with Crippen molar-refractivity contribution >= 4 is 28.7 Å². The van der Waals surface area contributed by atoms with Crippen molar-refractivity contribution < 1.29 is 19.4 Å². The van der Waals surface area contributed by atoms with Crippen LogP contribution in [0.1, 0.15) is 50.4 Å². The summed E-state index contributed by atoms with van der Waals surface area (Å²) in [5.41, 5.74) is 1.11. The Balaban J connectivity index is 1.53. The van der Waals surface area contributed by atoms with Crippen LogP contribution in [0.4, 0.5) is 10.5 Å². The summed E-state index contributed by atoms with van der Waals surface area (Å²) in [4.78, 5) is 28.3. The van der Waals surface area contributed by atoms with Crippen LogP contribution in [0.5, 0.6) is 0 Å². The predicted molar refractivity (Wildman–Crippen MR) is 109 cm³/mol. The minimum absolute atomic E-state index is 0.117. The van der Waals surface area contributed by atoms with E-state index < -0.39 is 11.6 Å². The van der Waals surface area contributed by atoms with Gasteiger partial charge in [0.15, 0.2) is 0 Å². The second kappa shape index (κ2) is 6.64. The van der Waals surface area contributed by atoms with Crippen LogP contribution in [-0.4, -0.2) is 62.6 Å². The molecule has 1 aromatic heterocycles. The van der Waals surface area contributed by atoms with Crippen molar-refractivity contribution in [2.75, 3.05) is 24.5 Å². The molecule has 0 saturated carbocycles. The van der Waals surface area contributed by atoms with Crippen LogP contribution in [-0.2, 0) is 11.8 Å². The molecule has 0 atom stereocenters. The molecule has 0 bridgehead atoms. The number of aryl methyl sites for hydroxylation is 1. The monoisotopic (exact) mass is 400 g/mol. The lowest BCUT2D eigenvalue weighted by Crippen LogP contribution is -2.66. The Labute approximate surface area is 170 Å².